The molecule has 0 atom stereocenters. The minimum atomic E-state index is 0.889. The number of aromatic nitrogens is 1. The van der Waals surface area contributed by atoms with Crippen LogP contribution in [0.3, 0.4) is 0 Å². The first-order chi connectivity index (χ1) is 10.3. The molecule has 4 rings (SSSR count). The zero-order valence-electron chi connectivity index (χ0n) is 12.0. The Balaban J connectivity index is 1.64. The molecule has 0 amide bonds. The molecule has 3 aromatic rings. The highest BCUT2D eigenvalue weighted by Crippen LogP contribution is 2.26. The van der Waals surface area contributed by atoms with E-state index in [0.29, 0.717) is 0 Å². The van der Waals surface area contributed by atoms with Gasteiger partial charge in [-0.2, -0.15) is 0 Å². The fourth-order valence-corrected chi connectivity index (χ4v) is 2.93. The smallest absolute Gasteiger partial charge is 0.131 e. The van der Waals surface area contributed by atoms with Gasteiger partial charge in [-0.3, -0.25) is 4.90 Å². The monoisotopic (exact) mass is 275 g/mol. The predicted octanol–water partition coefficient (Wildman–Crippen LogP) is 3.92. The zero-order valence-corrected chi connectivity index (χ0v) is 12.0. The first-order valence-electron chi connectivity index (χ1n) is 7.21. The molecular formula is C18H17N3. The fraction of sp³-hybridized carbons (Fsp3) is 0.167. The zero-order chi connectivity index (χ0) is 14.2. The van der Waals surface area contributed by atoms with Gasteiger partial charge >= 0.3 is 0 Å². The van der Waals surface area contributed by atoms with Gasteiger partial charge in [0.2, 0.25) is 0 Å². The van der Waals surface area contributed by atoms with Crippen molar-refractivity contribution < 1.29 is 0 Å². The van der Waals surface area contributed by atoms with Crippen LogP contribution in [-0.4, -0.2) is 16.9 Å². The maximum atomic E-state index is 4.66. The predicted molar refractivity (Wildman–Crippen MR) is 86.6 cm³/mol. The molecule has 1 aromatic heterocycles. The molecule has 0 spiro atoms. The Kier molecular flexibility index (Phi) is 2.86. The SMILES string of the molecule is CN1Cc2ccc(Nc3ccc4ccccc4n3)cc2C1. The highest BCUT2D eigenvalue weighted by Gasteiger charge is 2.15. The lowest BCUT2D eigenvalue weighted by Crippen LogP contribution is -2.07. The van der Waals surface area contributed by atoms with E-state index in [-0.39, 0.29) is 0 Å². The van der Waals surface area contributed by atoms with Crippen molar-refractivity contribution >= 4 is 22.4 Å². The van der Waals surface area contributed by atoms with Gasteiger partial charge in [0.25, 0.3) is 0 Å². The molecule has 3 heteroatoms. The van der Waals surface area contributed by atoms with Crippen molar-refractivity contribution in [2.24, 2.45) is 0 Å². The molecule has 0 aliphatic carbocycles. The number of nitrogens with zero attached hydrogens (tertiary/aromatic N) is 2. The first-order valence-corrected chi connectivity index (χ1v) is 7.21. The molecule has 0 fully saturated rings. The highest BCUT2D eigenvalue weighted by molar-refractivity contribution is 5.80. The van der Waals surface area contributed by atoms with Crippen molar-refractivity contribution in [3.63, 3.8) is 0 Å². The third-order valence-electron chi connectivity index (χ3n) is 3.96. The third kappa shape index (κ3) is 2.36. The first kappa shape index (κ1) is 12.4. The summed E-state index contributed by atoms with van der Waals surface area (Å²) >= 11 is 0. The van der Waals surface area contributed by atoms with E-state index in [1.54, 1.807) is 0 Å². The molecule has 3 nitrogen and oxygen atoms in total. The average Bonchev–Trinajstić information content (AvgIpc) is 2.86. The van der Waals surface area contributed by atoms with Gasteiger partial charge < -0.3 is 5.32 Å². The van der Waals surface area contributed by atoms with E-state index < -0.39 is 0 Å². The normalized spacial score (nSPS) is 14.3. The van der Waals surface area contributed by atoms with Crippen LogP contribution in [0.5, 0.6) is 0 Å². The Bertz CT molecular complexity index is 810. The number of pyridine rings is 1. The molecule has 104 valence electrons. The quantitative estimate of drug-likeness (QED) is 0.768. The summed E-state index contributed by atoms with van der Waals surface area (Å²) in [6, 6.07) is 18.9. The summed E-state index contributed by atoms with van der Waals surface area (Å²) in [7, 11) is 2.15. The number of nitrogens with one attached hydrogen (secondary N) is 1. The van der Waals surface area contributed by atoms with Crippen LogP contribution in [0.4, 0.5) is 11.5 Å². The van der Waals surface area contributed by atoms with Gasteiger partial charge in [0.05, 0.1) is 5.52 Å². The molecule has 1 aliphatic rings. The molecule has 0 bridgehead atoms. The number of anilines is 2. The molecule has 0 unspecified atom stereocenters. The third-order valence-corrected chi connectivity index (χ3v) is 3.96. The van der Waals surface area contributed by atoms with Crippen LogP contribution in [0, 0.1) is 0 Å². The van der Waals surface area contributed by atoms with Gasteiger partial charge in [-0.25, -0.2) is 4.98 Å². The number of fused-ring (bicyclic) bond motifs is 2. The second-order valence-corrected chi connectivity index (χ2v) is 5.67. The Hall–Kier alpha value is -2.39. The molecule has 0 saturated heterocycles. The van der Waals surface area contributed by atoms with E-state index in [0.717, 1.165) is 30.1 Å². The van der Waals surface area contributed by atoms with Crippen LogP contribution in [0.25, 0.3) is 10.9 Å². The summed E-state index contributed by atoms with van der Waals surface area (Å²) in [5.41, 5.74) is 4.95. The summed E-state index contributed by atoms with van der Waals surface area (Å²) in [5.74, 6) is 0.889. The van der Waals surface area contributed by atoms with Crippen LogP contribution < -0.4 is 5.32 Å². The van der Waals surface area contributed by atoms with Crippen LogP contribution in [0.1, 0.15) is 11.1 Å². The fourth-order valence-electron chi connectivity index (χ4n) is 2.93. The number of rotatable bonds is 2. The van der Waals surface area contributed by atoms with Crippen molar-refractivity contribution in [3.8, 4) is 0 Å². The molecule has 0 radical (unpaired) electrons. The van der Waals surface area contributed by atoms with E-state index in [1.165, 1.54) is 16.5 Å². The summed E-state index contributed by atoms with van der Waals surface area (Å²) in [6.45, 7) is 2.07. The van der Waals surface area contributed by atoms with Crippen molar-refractivity contribution in [1.29, 1.82) is 0 Å². The van der Waals surface area contributed by atoms with Gasteiger partial charge in [0, 0.05) is 24.2 Å². The largest absolute Gasteiger partial charge is 0.340 e. The summed E-state index contributed by atoms with van der Waals surface area (Å²) < 4.78 is 0. The number of hydrogen-bond donors (Lipinski definition) is 1. The number of benzene rings is 2. The van der Waals surface area contributed by atoms with Crippen LogP contribution in [-0.2, 0) is 13.1 Å². The minimum Gasteiger partial charge on any atom is -0.340 e. The van der Waals surface area contributed by atoms with Gasteiger partial charge in [-0.05, 0) is 48.5 Å². The van der Waals surface area contributed by atoms with Crippen LogP contribution in [0.2, 0.25) is 0 Å². The standard InChI is InChI=1S/C18H17N3/c1-21-11-14-6-8-16(10-15(14)12-21)19-18-9-7-13-4-2-3-5-17(13)20-18/h2-10H,11-12H2,1H3,(H,19,20). The van der Waals surface area contributed by atoms with E-state index in [2.05, 4.69) is 52.6 Å². The van der Waals surface area contributed by atoms with Gasteiger partial charge in [0.15, 0.2) is 0 Å². The molecule has 21 heavy (non-hydrogen) atoms. The molecular weight excluding hydrogens is 258 g/mol. The maximum Gasteiger partial charge on any atom is 0.131 e. The average molecular weight is 275 g/mol. The number of hydrogen-bond acceptors (Lipinski definition) is 3. The van der Waals surface area contributed by atoms with Crippen LogP contribution in [0.15, 0.2) is 54.6 Å². The summed E-state index contributed by atoms with van der Waals surface area (Å²) in [6.07, 6.45) is 0. The lowest BCUT2D eigenvalue weighted by molar-refractivity contribution is 0.353. The van der Waals surface area contributed by atoms with Gasteiger partial charge in [0.1, 0.15) is 5.82 Å². The summed E-state index contributed by atoms with van der Waals surface area (Å²) in [4.78, 5) is 6.98. The topological polar surface area (TPSA) is 28.2 Å². The van der Waals surface area contributed by atoms with Crippen molar-refractivity contribution in [2.45, 2.75) is 13.1 Å². The van der Waals surface area contributed by atoms with Crippen LogP contribution >= 0.6 is 0 Å². The van der Waals surface area contributed by atoms with Crippen molar-refractivity contribution in [3.05, 3.63) is 65.7 Å². The molecule has 1 aliphatic heterocycles. The minimum absolute atomic E-state index is 0.889. The molecule has 2 heterocycles. The Morgan fingerprint density at radius 3 is 2.76 bits per heavy atom. The second kappa shape index (κ2) is 4.86. The second-order valence-electron chi connectivity index (χ2n) is 5.67. The Morgan fingerprint density at radius 2 is 1.81 bits per heavy atom. The lowest BCUT2D eigenvalue weighted by atomic mass is 10.1. The summed E-state index contributed by atoms with van der Waals surface area (Å²) in [5, 5.41) is 4.58. The lowest BCUT2D eigenvalue weighted by Gasteiger charge is -2.08. The molecule has 2 aromatic carbocycles. The van der Waals surface area contributed by atoms with E-state index in [4.69, 9.17) is 0 Å². The number of para-hydroxylation sites is 1. The van der Waals surface area contributed by atoms with Gasteiger partial charge in [-0.15, -0.1) is 0 Å². The van der Waals surface area contributed by atoms with E-state index in [1.807, 2.05) is 24.3 Å². The molecule has 0 saturated carbocycles. The van der Waals surface area contributed by atoms with E-state index >= 15 is 0 Å². The van der Waals surface area contributed by atoms with E-state index in [9.17, 15) is 0 Å². The Labute approximate surface area is 124 Å². The highest BCUT2D eigenvalue weighted by atomic mass is 15.1. The Morgan fingerprint density at radius 1 is 0.952 bits per heavy atom. The van der Waals surface area contributed by atoms with Gasteiger partial charge in [-0.1, -0.05) is 24.3 Å². The maximum absolute atomic E-state index is 4.66. The van der Waals surface area contributed by atoms with Crippen molar-refractivity contribution in [1.82, 2.24) is 9.88 Å². The van der Waals surface area contributed by atoms with Crippen molar-refractivity contribution in [2.75, 3.05) is 12.4 Å². The molecule has 1 N–H and O–H groups in total.